The van der Waals surface area contributed by atoms with E-state index in [-0.39, 0.29) is 33.2 Å². The lowest BCUT2D eigenvalue weighted by atomic mass is 9.89. The number of amides is 3. The van der Waals surface area contributed by atoms with E-state index in [2.05, 4.69) is 10.3 Å². The van der Waals surface area contributed by atoms with Gasteiger partial charge in [0.05, 0.1) is 0 Å². The highest BCUT2D eigenvalue weighted by molar-refractivity contribution is 6.46. The summed E-state index contributed by atoms with van der Waals surface area (Å²) in [5.74, 6) is -2.52. The molecule has 0 spiro atoms. The summed E-state index contributed by atoms with van der Waals surface area (Å²) < 4.78 is 10.0. The molecule has 4 rings (SSSR count). The van der Waals surface area contributed by atoms with E-state index >= 15 is 0 Å². The average Bonchev–Trinajstić information content (AvgIpc) is 3.64. The van der Waals surface area contributed by atoms with Crippen LogP contribution >= 0.6 is 23.2 Å². The largest absolute Gasteiger partial charge is 0.481 e. The van der Waals surface area contributed by atoms with Crippen LogP contribution in [0.15, 0.2) is 42.4 Å². The number of anilines is 2. The van der Waals surface area contributed by atoms with Gasteiger partial charge in [-0.05, 0) is 41.5 Å². The van der Waals surface area contributed by atoms with Gasteiger partial charge in [0, 0.05) is 23.3 Å². The van der Waals surface area contributed by atoms with Crippen molar-refractivity contribution in [1.29, 1.82) is 0 Å². The molecule has 2 aliphatic rings. The van der Waals surface area contributed by atoms with Crippen LogP contribution < -0.4 is 15.5 Å². The molecule has 2 aromatic rings. The summed E-state index contributed by atoms with van der Waals surface area (Å²) in [4.78, 5) is 48.3. The molecule has 4 heterocycles. The Morgan fingerprint density at radius 1 is 0.850 bits per heavy atom. The molecule has 0 saturated carbocycles. The lowest BCUT2D eigenvalue weighted by Crippen LogP contribution is -2.36. The minimum Gasteiger partial charge on any atom is -0.481 e. The number of hydrogen-bond acceptors (Lipinski definition) is 10. The second-order valence-corrected chi connectivity index (χ2v) is 10.9. The van der Waals surface area contributed by atoms with Crippen LogP contribution in [0.3, 0.4) is 0 Å². The zero-order chi connectivity index (χ0) is 30.5. The van der Waals surface area contributed by atoms with Crippen LogP contribution in [0.4, 0.5) is 11.6 Å². The van der Waals surface area contributed by atoms with E-state index in [4.69, 9.17) is 43.1 Å². The predicted octanol–water partition coefficient (Wildman–Crippen LogP) is 1.83. The highest BCUT2D eigenvalue weighted by Gasteiger charge is 2.41. The van der Waals surface area contributed by atoms with Crippen molar-refractivity contribution in [3.05, 3.63) is 44.9 Å². The first-order valence-electron chi connectivity index (χ1n) is 11.6. The number of carbonyl (C=O) groups is 4. The Bertz CT molecular complexity index is 1350. The predicted molar refractivity (Wildman–Crippen MR) is 140 cm³/mol. The van der Waals surface area contributed by atoms with Crippen molar-refractivity contribution < 1.29 is 43.5 Å². The molecule has 2 unspecified atom stereocenters. The lowest BCUT2D eigenvalue weighted by Gasteiger charge is -2.18. The van der Waals surface area contributed by atoms with Gasteiger partial charge >= 0.3 is 5.97 Å². The molecular weight excluding hydrogens is 573 g/mol. The normalized spacial score (nSPS) is 19.9. The van der Waals surface area contributed by atoms with Crippen LogP contribution in [0, 0.1) is 0 Å². The van der Waals surface area contributed by atoms with Gasteiger partial charge in [0.2, 0.25) is 5.91 Å². The van der Waals surface area contributed by atoms with Gasteiger partial charge in [0.25, 0.3) is 11.8 Å². The van der Waals surface area contributed by atoms with Crippen LogP contribution in [-0.4, -0.2) is 61.8 Å². The Morgan fingerprint density at radius 2 is 1.20 bits per heavy atom. The molecule has 0 fully saturated rings. The number of aliphatic carboxylic acids is 1. The second kappa shape index (κ2) is 10.7. The molecule has 40 heavy (non-hydrogen) atoms. The third-order valence-electron chi connectivity index (χ3n) is 6.64. The fraction of sp³-hybridized carbons (Fsp3) is 0.417. The number of carboxylic acids is 1. The Kier molecular flexibility index (Phi) is 8.23. The Hall–Kier alpha value is -3.72. The van der Waals surface area contributed by atoms with Crippen molar-refractivity contribution in [1.82, 2.24) is 10.3 Å². The Morgan fingerprint density at radius 3 is 1.48 bits per heavy atom. The number of primary amides is 1. The fourth-order valence-electron chi connectivity index (χ4n) is 3.42. The number of hydrogen-bond donors (Lipinski definition) is 4. The van der Waals surface area contributed by atoms with E-state index in [1.54, 1.807) is 20.8 Å². The van der Waals surface area contributed by atoms with E-state index in [1.807, 2.05) is 0 Å². The smallest absolute Gasteiger partial charge is 0.316 e. The van der Waals surface area contributed by atoms with Crippen molar-refractivity contribution in [2.45, 2.75) is 64.8 Å². The van der Waals surface area contributed by atoms with E-state index in [0.29, 0.717) is 11.1 Å². The molecule has 2 aromatic heterocycles. The van der Waals surface area contributed by atoms with Crippen LogP contribution in [0.5, 0.6) is 0 Å². The minimum absolute atomic E-state index is 0.0156. The summed E-state index contributed by atoms with van der Waals surface area (Å²) in [5, 5.41) is 36.2. The molecular formula is C24H27Cl2N5O9. The number of carboxylic acid groups (broad SMARTS) is 1. The molecule has 5 N–H and O–H groups in total. The van der Waals surface area contributed by atoms with Gasteiger partial charge in [-0.1, -0.05) is 33.5 Å². The number of nitrogens with two attached hydrogens (primary N) is 1. The van der Waals surface area contributed by atoms with Gasteiger partial charge in [-0.15, -0.1) is 0 Å². The third kappa shape index (κ3) is 5.10. The Labute approximate surface area is 237 Å². The zero-order valence-corrected chi connectivity index (χ0v) is 23.7. The first-order valence-corrected chi connectivity index (χ1v) is 12.3. The van der Waals surface area contributed by atoms with E-state index in [0.717, 1.165) is 9.80 Å². The summed E-state index contributed by atoms with van der Waals surface area (Å²) in [6, 6.07) is 2.69. The monoisotopic (exact) mass is 599 g/mol. The topological polar surface area (TPSA) is 214 Å². The summed E-state index contributed by atoms with van der Waals surface area (Å²) in [6.45, 7) is 9.08. The van der Waals surface area contributed by atoms with Gasteiger partial charge in [-0.3, -0.25) is 29.0 Å². The van der Waals surface area contributed by atoms with Crippen LogP contribution in [0.1, 0.15) is 53.1 Å². The van der Waals surface area contributed by atoms with Gasteiger partial charge in [-0.2, -0.15) is 0 Å². The molecule has 16 heteroatoms. The summed E-state index contributed by atoms with van der Waals surface area (Å²) in [5.41, 5.74) is 3.53. The lowest BCUT2D eigenvalue weighted by molar-refractivity contribution is -0.143. The number of rotatable bonds is 6. The van der Waals surface area contributed by atoms with Crippen molar-refractivity contribution in [2.24, 2.45) is 5.73 Å². The average molecular weight is 600 g/mol. The molecule has 0 bridgehead atoms. The van der Waals surface area contributed by atoms with Gasteiger partial charge in [0.1, 0.15) is 20.9 Å². The molecule has 2 atom stereocenters. The molecule has 0 aliphatic carbocycles. The van der Waals surface area contributed by atoms with E-state index in [9.17, 15) is 29.4 Å². The number of nitrogens with zero attached hydrogens (tertiary/aromatic N) is 4. The van der Waals surface area contributed by atoms with Gasteiger partial charge in [-0.25, -0.2) is 0 Å². The van der Waals surface area contributed by atoms with Gasteiger partial charge in [0.15, 0.2) is 35.6 Å². The molecule has 216 valence electrons. The summed E-state index contributed by atoms with van der Waals surface area (Å²) >= 11 is 11.6. The fourth-order valence-corrected chi connectivity index (χ4v) is 3.80. The number of aromatic nitrogens is 2. The maximum atomic E-state index is 11.9. The van der Waals surface area contributed by atoms with Crippen molar-refractivity contribution in [3.8, 4) is 0 Å². The second-order valence-electron chi connectivity index (χ2n) is 10.1. The van der Waals surface area contributed by atoms with Crippen LogP contribution in [0.25, 0.3) is 0 Å². The van der Waals surface area contributed by atoms with E-state index < -0.39 is 47.0 Å². The molecule has 0 radical (unpaired) electrons. The molecule has 3 amide bonds. The molecule has 2 aliphatic heterocycles. The van der Waals surface area contributed by atoms with Crippen LogP contribution in [-0.2, 0) is 30.0 Å². The van der Waals surface area contributed by atoms with Gasteiger partial charge < -0.3 is 30.1 Å². The van der Waals surface area contributed by atoms with E-state index in [1.165, 1.54) is 32.9 Å². The van der Waals surface area contributed by atoms with Crippen molar-refractivity contribution in [2.75, 3.05) is 9.80 Å². The highest BCUT2D eigenvalue weighted by atomic mass is 35.5. The quantitative estimate of drug-likeness (QED) is 0.375. The number of carbonyl (C=O) groups excluding carboxylic acids is 3. The summed E-state index contributed by atoms with van der Waals surface area (Å²) in [7, 11) is 0. The minimum atomic E-state index is -1.30. The third-order valence-corrected chi connectivity index (χ3v) is 7.56. The zero-order valence-electron chi connectivity index (χ0n) is 22.2. The summed E-state index contributed by atoms with van der Waals surface area (Å²) in [6.07, 6.45) is -2.44. The first kappa shape index (κ1) is 30.8. The number of aliphatic hydroxyl groups excluding tert-OH is 2. The molecule has 0 aromatic carbocycles. The first-order chi connectivity index (χ1) is 18.3. The highest BCUT2D eigenvalue weighted by Crippen LogP contribution is 2.35. The standard InChI is InChI=1S/C12H14ClN3O4.C12H13ClN2O5/c1-5-8(13)10(18)16(9(5)17)7-4-6(20-15-7)12(2,3)11(14)19;1-5-8(13)10(17)15(9(5)16)7-4-6(20-14-7)12(2,3)11(18)19/h4,9,17H,1-3H3,(H2,14,19);4,9,16H,1-3H3,(H,18,19). The SMILES string of the molecule is CC1=C(Cl)C(=O)N(c2cc(C(C)(C)C(=O)O)on2)C1O.CC1=C(Cl)C(=O)N(c2cc(C(C)(C)C(N)=O)on2)C1O. The molecule has 14 nitrogen and oxygen atoms in total. The molecule has 0 saturated heterocycles. The van der Waals surface area contributed by atoms with Crippen LogP contribution in [0.2, 0.25) is 0 Å². The maximum Gasteiger partial charge on any atom is 0.316 e. The Balaban J connectivity index is 0.000000220. The number of aliphatic hydroxyl groups is 2. The van der Waals surface area contributed by atoms with Crippen molar-refractivity contribution >= 4 is 58.5 Å². The number of halogens is 2. The van der Waals surface area contributed by atoms with Crippen molar-refractivity contribution in [3.63, 3.8) is 0 Å². The maximum absolute atomic E-state index is 11.9.